The number of nitrogens with one attached hydrogen (secondary N) is 1. The molecule has 0 spiro atoms. The number of nitrogens with zero attached hydrogens (tertiary/aromatic N) is 1. The van der Waals surface area contributed by atoms with Crippen LogP contribution in [0.3, 0.4) is 0 Å². The Kier molecular flexibility index (Phi) is 3.47. The summed E-state index contributed by atoms with van der Waals surface area (Å²) in [4.78, 5) is 16.2. The van der Waals surface area contributed by atoms with Gasteiger partial charge in [-0.3, -0.25) is 0 Å². The van der Waals surface area contributed by atoms with Crippen LogP contribution in [0.15, 0.2) is 23.7 Å². The van der Waals surface area contributed by atoms with Crippen LogP contribution < -0.4 is 11.1 Å². The number of carbonyl (C=O) groups is 1. The van der Waals surface area contributed by atoms with E-state index < -0.39 is 5.97 Å². The summed E-state index contributed by atoms with van der Waals surface area (Å²) in [5.41, 5.74) is 7.13. The summed E-state index contributed by atoms with van der Waals surface area (Å²) in [6, 6.07) is 3.43. The van der Waals surface area contributed by atoms with Gasteiger partial charge in [-0.25, -0.2) is 9.78 Å². The molecule has 0 radical (unpaired) electrons. The third kappa shape index (κ3) is 2.60. The van der Waals surface area contributed by atoms with Gasteiger partial charge in [0.2, 0.25) is 0 Å². The second-order valence-corrected chi connectivity index (χ2v) is 4.85. The fraction of sp³-hybridized carbons (Fsp3) is 0.167. The van der Waals surface area contributed by atoms with Gasteiger partial charge in [0.1, 0.15) is 11.4 Å². The van der Waals surface area contributed by atoms with Crippen molar-refractivity contribution in [2.24, 2.45) is 0 Å². The fourth-order valence-corrected chi connectivity index (χ4v) is 2.38. The van der Waals surface area contributed by atoms with E-state index in [-0.39, 0.29) is 5.56 Å². The van der Waals surface area contributed by atoms with Gasteiger partial charge in [-0.2, -0.15) is 0 Å². The van der Waals surface area contributed by atoms with Gasteiger partial charge in [-0.1, -0.05) is 0 Å². The minimum absolute atomic E-state index is 0.0872. The zero-order valence-electron chi connectivity index (χ0n) is 9.80. The van der Waals surface area contributed by atoms with E-state index in [1.54, 1.807) is 11.3 Å². The van der Waals surface area contributed by atoms with Crippen molar-refractivity contribution in [3.8, 4) is 0 Å². The Morgan fingerprint density at radius 3 is 3.00 bits per heavy atom. The number of thiophene rings is 1. The average Bonchev–Trinajstić information content (AvgIpc) is 2.73. The lowest BCUT2D eigenvalue weighted by molar-refractivity contribution is 0.0697. The molecule has 2 heterocycles. The van der Waals surface area contributed by atoms with Crippen LogP contribution in [-0.4, -0.2) is 16.1 Å². The molecule has 0 aliphatic rings. The Hall–Kier alpha value is -2.08. The van der Waals surface area contributed by atoms with Crippen LogP contribution in [0.4, 0.5) is 11.5 Å². The van der Waals surface area contributed by atoms with Gasteiger partial charge in [0.25, 0.3) is 0 Å². The monoisotopic (exact) mass is 263 g/mol. The molecule has 0 fully saturated rings. The van der Waals surface area contributed by atoms with Crippen molar-refractivity contribution in [3.05, 3.63) is 39.7 Å². The van der Waals surface area contributed by atoms with Crippen molar-refractivity contribution in [1.82, 2.24) is 4.98 Å². The van der Waals surface area contributed by atoms with Crippen LogP contribution in [-0.2, 0) is 6.54 Å². The van der Waals surface area contributed by atoms with Gasteiger partial charge >= 0.3 is 5.97 Å². The zero-order chi connectivity index (χ0) is 13.1. The molecule has 94 valence electrons. The van der Waals surface area contributed by atoms with Gasteiger partial charge in [0, 0.05) is 4.88 Å². The zero-order valence-corrected chi connectivity index (χ0v) is 10.6. The van der Waals surface area contributed by atoms with Crippen LogP contribution in [0.1, 0.15) is 20.8 Å². The lowest BCUT2D eigenvalue weighted by Crippen LogP contribution is -2.09. The third-order valence-corrected chi connectivity index (χ3v) is 3.55. The van der Waals surface area contributed by atoms with Crippen molar-refractivity contribution in [2.45, 2.75) is 13.5 Å². The lowest BCUT2D eigenvalue weighted by atomic mass is 10.2. The minimum atomic E-state index is -1.04. The Morgan fingerprint density at radius 2 is 2.39 bits per heavy atom. The molecule has 0 bridgehead atoms. The standard InChI is InChI=1S/C12H13N3O2S/c1-7-2-3-18-10(7)6-15-11-9(12(16)17)4-8(13)5-14-11/h2-5H,6,13H2,1H3,(H,14,15)(H,16,17). The van der Waals surface area contributed by atoms with Crippen molar-refractivity contribution < 1.29 is 9.90 Å². The first-order valence-electron chi connectivity index (χ1n) is 5.33. The second kappa shape index (κ2) is 5.05. The van der Waals surface area contributed by atoms with Crippen LogP contribution in [0.2, 0.25) is 0 Å². The van der Waals surface area contributed by atoms with E-state index in [0.717, 1.165) is 4.88 Å². The molecule has 18 heavy (non-hydrogen) atoms. The van der Waals surface area contributed by atoms with E-state index in [0.29, 0.717) is 18.1 Å². The summed E-state index contributed by atoms with van der Waals surface area (Å²) in [6.45, 7) is 2.57. The number of carboxylic acid groups (broad SMARTS) is 1. The highest BCUT2D eigenvalue weighted by Gasteiger charge is 2.12. The molecule has 0 aliphatic carbocycles. The third-order valence-electron chi connectivity index (χ3n) is 2.52. The van der Waals surface area contributed by atoms with Gasteiger partial charge < -0.3 is 16.2 Å². The topological polar surface area (TPSA) is 88.2 Å². The Labute approximate surface area is 108 Å². The number of nitrogen functional groups attached to an aromatic ring is 1. The smallest absolute Gasteiger partial charge is 0.339 e. The predicted molar refractivity (Wildman–Crippen MR) is 72.0 cm³/mol. The normalized spacial score (nSPS) is 10.3. The number of aromatic nitrogens is 1. The first-order chi connectivity index (χ1) is 8.58. The molecule has 0 saturated heterocycles. The summed E-state index contributed by atoms with van der Waals surface area (Å²) < 4.78 is 0. The van der Waals surface area contributed by atoms with Crippen LogP contribution >= 0.6 is 11.3 Å². The van der Waals surface area contributed by atoms with Crippen LogP contribution in [0.5, 0.6) is 0 Å². The molecular formula is C12H13N3O2S. The van der Waals surface area contributed by atoms with Gasteiger partial charge in [-0.15, -0.1) is 11.3 Å². The van der Waals surface area contributed by atoms with Gasteiger partial charge in [0.05, 0.1) is 18.4 Å². The molecule has 2 aromatic heterocycles. The summed E-state index contributed by atoms with van der Waals surface area (Å²) in [7, 11) is 0. The average molecular weight is 263 g/mol. The van der Waals surface area contributed by atoms with E-state index >= 15 is 0 Å². The number of nitrogens with two attached hydrogens (primary N) is 1. The lowest BCUT2D eigenvalue weighted by Gasteiger charge is -2.08. The van der Waals surface area contributed by atoms with Crippen LogP contribution in [0, 0.1) is 6.92 Å². The van der Waals surface area contributed by atoms with Crippen molar-refractivity contribution >= 4 is 28.8 Å². The van der Waals surface area contributed by atoms with Gasteiger partial charge in [0.15, 0.2) is 0 Å². The quantitative estimate of drug-likeness (QED) is 0.788. The molecule has 5 nitrogen and oxygen atoms in total. The number of rotatable bonds is 4. The number of aryl methyl sites for hydroxylation is 1. The van der Waals surface area contributed by atoms with E-state index in [4.69, 9.17) is 10.8 Å². The maximum Gasteiger partial charge on any atom is 0.339 e. The van der Waals surface area contributed by atoms with Gasteiger partial charge in [-0.05, 0) is 30.0 Å². The van der Waals surface area contributed by atoms with E-state index in [2.05, 4.69) is 10.3 Å². The second-order valence-electron chi connectivity index (χ2n) is 3.85. The maximum absolute atomic E-state index is 11.1. The molecule has 2 aromatic rings. The highest BCUT2D eigenvalue weighted by atomic mass is 32.1. The Bertz CT molecular complexity index is 580. The number of aromatic carboxylic acids is 1. The molecule has 0 aromatic carbocycles. The highest BCUT2D eigenvalue weighted by Crippen LogP contribution is 2.20. The Balaban J connectivity index is 2.19. The minimum Gasteiger partial charge on any atom is -0.478 e. The summed E-state index contributed by atoms with van der Waals surface area (Å²) in [5, 5.41) is 14.1. The number of carboxylic acids is 1. The fourth-order valence-electron chi connectivity index (χ4n) is 1.53. The molecule has 0 saturated carbocycles. The molecule has 0 atom stereocenters. The number of anilines is 2. The first kappa shape index (κ1) is 12.4. The molecule has 0 unspecified atom stereocenters. The highest BCUT2D eigenvalue weighted by molar-refractivity contribution is 7.10. The summed E-state index contributed by atoms with van der Waals surface area (Å²) >= 11 is 1.62. The first-order valence-corrected chi connectivity index (χ1v) is 6.21. The largest absolute Gasteiger partial charge is 0.478 e. The Morgan fingerprint density at radius 1 is 1.61 bits per heavy atom. The van der Waals surface area contributed by atoms with E-state index in [9.17, 15) is 4.79 Å². The molecule has 6 heteroatoms. The molecule has 4 N–H and O–H groups in total. The van der Waals surface area contributed by atoms with Crippen molar-refractivity contribution in [3.63, 3.8) is 0 Å². The molecular weight excluding hydrogens is 250 g/mol. The predicted octanol–water partition coefficient (Wildman–Crippen LogP) is 2.34. The molecule has 0 amide bonds. The molecule has 0 aliphatic heterocycles. The number of hydrogen-bond donors (Lipinski definition) is 3. The number of hydrogen-bond acceptors (Lipinski definition) is 5. The molecule has 2 rings (SSSR count). The van der Waals surface area contributed by atoms with E-state index in [1.165, 1.54) is 17.8 Å². The SMILES string of the molecule is Cc1ccsc1CNc1ncc(N)cc1C(=O)O. The summed E-state index contributed by atoms with van der Waals surface area (Å²) in [5.74, 6) is -0.704. The van der Waals surface area contributed by atoms with Crippen molar-refractivity contribution in [2.75, 3.05) is 11.1 Å². The maximum atomic E-state index is 11.1. The van der Waals surface area contributed by atoms with Crippen molar-refractivity contribution in [1.29, 1.82) is 0 Å². The summed E-state index contributed by atoms with van der Waals surface area (Å²) in [6.07, 6.45) is 1.44. The van der Waals surface area contributed by atoms with Crippen LogP contribution in [0.25, 0.3) is 0 Å². The number of pyridine rings is 1. The van der Waals surface area contributed by atoms with E-state index in [1.807, 2.05) is 18.4 Å².